The van der Waals surface area contributed by atoms with Crippen molar-refractivity contribution in [3.63, 3.8) is 0 Å². The molecule has 3 aromatic rings. The fraction of sp³-hybridized carbons (Fsp3) is 0.304. The number of anilines is 1. The van der Waals surface area contributed by atoms with Crippen LogP contribution in [0.25, 0.3) is 11.0 Å². The zero-order valence-corrected chi connectivity index (χ0v) is 16.7. The van der Waals surface area contributed by atoms with Crippen LogP contribution in [0, 0.1) is 6.92 Å². The summed E-state index contributed by atoms with van der Waals surface area (Å²) in [4.78, 5) is 29.5. The van der Waals surface area contributed by atoms with Crippen molar-refractivity contribution in [2.75, 3.05) is 38.2 Å². The van der Waals surface area contributed by atoms with Crippen LogP contribution in [0.5, 0.6) is 5.75 Å². The molecule has 1 fully saturated rings. The molecule has 0 radical (unpaired) electrons. The maximum absolute atomic E-state index is 12.9. The predicted molar refractivity (Wildman–Crippen MR) is 113 cm³/mol. The molecule has 0 bridgehead atoms. The maximum Gasteiger partial charge on any atom is 0.340 e. The molecule has 1 amide bonds. The number of aryl methyl sites for hydroxylation is 1. The minimum atomic E-state index is -0.459. The molecule has 0 atom stereocenters. The topological polar surface area (TPSA) is 63.0 Å². The van der Waals surface area contributed by atoms with Gasteiger partial charge in [0, 0.05) is 43.3 Å². The number of fused-ring (bicyclic) bond motifs is 1. The molecule has 4 rings (SSSR count). The molecule has 1 saturated heterocycles. The third-order valence-corrected chi connectivity index (χ3v) is 5.58. The van der Waals surface area contributed by atoms with Gasteiger partial charge in [0.2, 0.25) is 5.91 Å². The largest absolute Gasteiger partial charge is 0.497 e. The summed E-state index contributed by atoms with van der Waals surface area (Å²) in [6, 6.07) is 15.6. The molecule has 0 spiro atoms. The Kier molecular flexibility index (Phi) is 5.25. The number of hydrogen-bond donors (Lipinski definition) is 0. The van der Waals surface area contributed by atoms with Crippen molar-refractivity contribution in [2.45, 2.75) is 13.3 Å². The number of methoxy groups -OCH3 is 1. The fourth-order valence-corrected chi connectivity index (χ4v) is 3.82. The molecule has 1 aliphatic heterocycles. The summed E-state index contributed by atoms with van der Waals surface area (Å²) in [6.07, 6.45) is 0.0570. The van der Waals surface area contributed by atoms with Crippen molar-refractivity contribution < 1.29 is 13.9 Å². The van der Waals surface area contributed by atoms with Crippen molar-refractivity contribution in [1.82, 2.24) is 4.90 Å². The second-order valence-corrected chi connectivity index (χ2v) is 7.24. The van der Waals surface area contributed by atoms with Gasteiger partial charge in [0.05, 0.1) is 19.1 Å². The molecule has 1 aliphatic rings. The highest BCUT2D eigenvalue weighted by Crippen LogP contribution is 2.24. The first-order chi connectivity index (χ1) is 14.1. The highest BCUT2D eigenvalue weighted by atomic mass is 16.5. The highest BCUT2D eigenvalue weighted by molar-refractivity contribution is 5.85. The van der Waals surface area contributed by atoms with E-state index >= 15 is 0 Å². The van der Waals surface area contributed by atoms with Gasteiger partial charge in [0.1, 0.15) is 11.3 Å². The van der Waals surface area contributed by atoms with Gasteiger partial charge in [-0.1, -0.05) is 18.2 Å². The van der Waals surface area contributed by atoms with Gasteiger partial charge in [-0.2, -0.15) is 0 Å². The Morgan fingerprint density at radius 2 is 1.79 bits per heavy atom. The van der Waals surface area contributed by atoms with E-state index in [0.717, 1.165) is 24.0 Å². The Morgan fingerprint density at radius 3 is 2.48 bits per heavy atom. The molecule has 2 heterocycles. The van der Waals surface area contributed by atoms with Gasteiger partial charge >= 0.3 is 5.63 Å². The van der Waals surface area contributed by atoms with Crippen molar-refractivity contribution in [2.24, 2.45) is 0 Å². The third-order valence-electron chi connectivity index (χ3n) is 5.58. The second-order valence-electron chi connectivity index (χ2n) is 7.24. The monoisotopic (exact) mass is 392 g/mol. The van der Waals surface area contributed by atoms with Crippen LogP contribution in [-0.4, -0.2) is 44.1 Å². The van der Waals surface area contributed by atoms with Gasteiger partial charge < -0.3 is 19.0 Å². The molecule has 6 heteroatoms. The van der Waals surface area contributed by atoms with Crippen LogP contribution in [-0.2, 0) is 11.2 Å². The van der Waals surface area contributed by atoms with Crippen molar-refractivity contribution in [3.05, 3.63) is 70.1 Å². The first-order valence-electron chi connectivity index (χ1n) is 9.75. The Balaban J connectivity index is 1.49. The van der Waals surface area contributed by atoms with Crippen LogP contribution in [0.4, 0.5) is 5.69 Å². The molecule has 0 saturated carbocycles. The van der Waals surface area contributed by atoms with E-state index in [0.29, 0.717) is 30.0 Å². The summed E-state index contributed by atoms with van der Waals surface area (Å²) in [5.41, 5.74) is 2.40. The lowest BCUT2D eigenvalue weighted by atomic mass is 10.0. The van der Waals surface area contributed by atoms with Crippen molar-refractivity contribution in [1.29, 1.82) is 0 Å². The smallest absolute Gasteiger partial charge is 0.340 e. The van der Waals surface area contributed by atoms with Gasteiger partial charge in [-0.25, -0.2) is 4.79 Å². The Bertz CT molecular complexity index is 1080. The Labute approximate surface area is 169 Å². The van der Waals surface area contributed by atoms with Crippen LogP contribution >= 0.6 is 0 Å². The zero-order valence-electron chi connectivity index (χ0n) is 16.7. The van der Waals surface area contributed by atoms with Gasteiger partial charge in [-0.3, -0.25) is 4.79 Å². The second kappa shape index (κ2) is 7.99. The normalized spacial score (nSPS) is 14.3. The highest BCUT2D eigenvalue weighted by Gasteiger charge is 2.23. The minimum absolute atomic E-state index is 0.0408. The van der Waals surface area contributed by atoms with Crippen molar-refractivity contribution >= 4 is 22.6 Å². The van der Waals surface area contributed by atoms with E-state index in [-0.39, 0.29) is 12.3 Å². The molecule has 0 aliphatic carbocycles. The van der Waals surface area contributed by atoms with Crippen molar-refractivity contribution in [3.8, 4) is 5.75 Å². The van der Waals surface area contributed by atoms with Gasteiger partial charge in [0.15, 0.2) is 0 Å². The lowest BCUT2D eigenvalue weighted by Crippen LogP contribution is -2.49. The molecule has 150 valence electrons. The number of carbonyl (C=O) groups excluding carboxylic acids is 1. The van der Waals surface area contributed by atoms with E-state index in [9.17, 15) is 9.59 Å². The summed E-state index contributed by atoms with van der Waals surface area (Å²) in [5, 5.41) is 0.821. The molecule has 6 nitrogen and oxygen atoms in total. The summed E-state index contributed by atoms with van der Waals surface area (Å²) >= 11 is 0. The number of ether oxygens (including phenoxy) is 1. The lowest BCUT2D eigenvalue weighted by molar-refractivity contribution is -0.130. The number of nitrogens with zero attached hydrogens (tertiary/aromatic N) is 2. The van der Waals surface area contributed by atoms with Crippen LogP contribution < -0.4 is 15.3 Å². The predicted octanol–water partition coefficient (Wildman–Crippen LogP) is 3.00. The maximum atomic E-state index is 12.9. The first-order valence-corrected chi connectivity index (χ1v) is 9.75. The van der Waals surface area contributed by atoms with E-state index in [1.807, 2.05) is 42.2 Å². The molecule has 2 aromatic carbocycles. The number of piperazine rings is 1. The Hall–Kier alpha value is -3.28. The van der Waals surface area contributed by atoms with E-state index < -0.39 is 5.63 Å². The molecular weight excluding hydrogens is 368 g/mol. The number of rotatable bonds is 4. The number of carbonyl (C=O) groups is 1. The van der Waals surface area contributed by atoms with Gasteiger partial charge in [0.25, 0.3) is 0 Å². The third kappa shape index (κ3) is 3.83. The summed E-state index contributed by atoms with van der Waals surface area (Å²) in [5.74, 6) is 0.584. The first kappa shape index (κ1) is 19.1. The quantitative estimate of drug-likeness (QED) is 0.639. The number of hydrogen-bond acceptors (Lipinski definition) is 5. The average molecular weight is 392 g/mol. The average Bonchev–Trinajstić information content (AvgIpc) is 2.76. The number of amides is 1. The van der Waals surface area contributed by atoms with Gasteiger partial charge in [-0.05, 0) is 36.8 Å². The minimum Gasteiger partial charge on any atom is -0.497 e. The zero-order chi connectivity index (χ0) is 20.4. The summed E-state index contributed by atoms with van der Waals surface area (Å²) in [7, 11) is 1.57. The number of para-hydroxylation sites is 1. The van der Waals surface area contributed by atoms with E-state index in [4.69, 9.17) is 9.15 Å². The molecular formula is C23H24N2O4. The standard InChI is InChI=1S/C23H24N2O4/c1-16-19-9-8-18(28-2)14-21(19)29-23(27)20(16)15-22(26)25-12-10-24(11-13-25)17-6-4-3-5-7-17/h3-9,14H,10-13,15H2,1-2H3. The molecule has 1 aromatic heterocycles. The van der Waals surface area contributed by atoms with E-state index in [1.54, 1.807) is 13.2 Å². The van der Waals surface area contributed by atoms with Crippen LogP contribution in [0.2, 0.25) is 0 Å². The summed E-state index contributed by atoms with van der Waals surface area (Å²) < 4.78 is 10.7. The summed E-state index contributed by atoms with van der Waals surface area (Å²) in [6.45, 7) is 4.70. The molecule has 29 heavy (non-hydrogen) atoms. The molecule has 0 N–H and O–H groups in total. The Morgan fingerprint density at radius 1 is 1.07 bits per heavy atom. The lowest BCUT2D eigenvalue weighted by Gasteiger charge is -2.36. The SMILES string of the molecule is COc1ccc2c(C)c(CC(=O)N3CCN(c4ccccc4)CC3)c(=O)oc2c1. The van der Waals surface area contributed by atoms with Gasteiger partial charge in [-0.15, -0.1) is 0 Å². The van der Waals surface area contributed by atoms with Crippen LogP contribution in [0.1, 0.15) is 11.1 Å². The van der Waals surface area contributed by atoms with E-state index in [2.05, 4.69) is 17.0 Å². The van der Waals surface area contributed by atoms with E-state index in [1.165, 1.54) is 5.69 Å². The molecule has 0 unspecified atom stereocenters. The number of benzene rings is 2. The van der Waals surface area contributed by atoms with Crippen LogP contribution in [0.15, 0.2) is 57.7 Å². The van der Waals surface area contributed by atoms with Crippen LogP contribution in [0.3, 0.4) is 0 Å². The fourth-order valence-electron chi connectivity index (χ4n) is 3.82.